The number of aromatic nitrogens is 4. The summed E-state index contributed by atoms with van der Waals surface area (Å²) >= 11 is 0. The molecule has 0 amide bonds. The highest BCUT2D eigenvalue weighted by atomic mass is 19.4. The molecule has 210 valence electrons. The number of likely N-dealkylation sites (N-methyl/N-ethyl adjacent to an activating group) is 1. The number of fused-ring (bicyclic) bond motifs is 1. The first kappa shape index (κ1) is 26.8. The van der Waals surface area contributed by atoms with Crippen molar-refractivity contribution in [2.75, 3.05) is 43.4 Å². The summed E-state index contributed by atoms with van der Waals surface area (Å²) in [5, 5.41) is 3.42. The minimum Gasteiger partial charge on any atom is -0.369 e. The van der Waals surface area contributed by atoms with E-state index in [2.05, 4.69) is 39.3 Å². The van der Waals surface area contributed by atoms with Crippen LogP contribution in [0.1, 0.15) is 16.7 Å². The molecular weight excluding hydrogens is 527 g/mol. The second-order valence-electron chi connectivity index (χ2n) is 10.3. The summed E-state index contributed by atoms with van der Waals surface area (Å²) < 4.78 is 41.0. The lowest BCUT2D eigenvalue weighted by atomic mass is 10.1. The highest BCUT2D eigenvalue weighted by Gasteiger charge is 2.30. The summed E-state index contributed by atoms with van der Waals surface area (Å²) in [6.45, 7) is 4.90. The Balaban J connectivity index is 1.33. The van der Waals surface area contributed by atoms with E-state index in [1.807, 2.05) is 47.0 Å². The quantitative estimate of drug-likeness (QED) is 0.268. The Morgan fingerprint density at radius 2 is 1.51 bits per heavy atom. The summed E-state index contributed by atoms with van der Waals surface area (Å²) in [4.78, 5) is 19.0. The van der Waals surface area contributed by atoms with Gasteiger partial charge in [0.2, 0.25) is 0 Å². The van der Waals surface area contributed by atoms with Gasteiger partial charge in [0.15, 0.2) is 17.3 Å². The van der Waals surface area contributed by atoms with Crippen LogP contribution < -0.4 is 10.2 Å². The largest absolute Gasteiger partial charge is 0.416 e. The molecule has 0 bridgehead atoms. The minimum absolute atomic E-state index is 0.325. The zero-order valence-corrected chi connectivity index (χ0v) is 22.6. The number of alkyl halides is 3. The van der Waals surface area contributed by atoms with Crippen LogP contribution in [0.25, 0.3) is 22.6 Å². The van der Waals surface area contributed by atoms with E-state index in [9.17, 15) is 13.2 Å². The van der Waals surface area contributed by atoms with E-state index in [0.717, 1.165) is 55.1 Å². The number of halogens is 3. The second-order valence-corrected chi connectivity index (χ2v) is 10.3. The van der Waals surface area contributed by atoms with Crippen molar-refractivity contribution in [3.05, 3.63) is 102 Å². The van der Waals surface area contributed by atoms with Crippen LogP contribution in [-0.4, -0.2) is 57.6 Å². The number of piperazine rings is 1. The third-order valence-electron chi connectivity index (χ3n) is 7.39. The van der Waals surface area contributed by atoms with Crippen LogP contribution in [0.2, 0.25) is 0 Å². The SMILES string of the molecule is CN1CCN(c2ccc(-c3nc(NCc4ccccc4)c4ncn(Cc5ccc(C(F)(F)F)cc5)c4n3)cc2)CC1. The molecule has 3 heterocycles. The van der Waals surface area contributed by atoms with Gasteiger partial charge in [0.25, 0.3) is 0 Å². The molecule has 1 saturated heterocycles. The number of hydrogen-bond acceptors (Lipinski definition) is 6. The number of anilines is 2. The van der Waals surface area contributed by atoms with Gasteiger partial charge in [-0.05, 0) is 54.6 Å². The average molecular weight is 558 g/mol. The summed E-state index contributed by atoms with van der Waals surface area (Å²) in [5.41, 5.74) is 4.38. The van der Waals surface area contributed by atoms with E-state index in [1.54, 1.807) is 6.33 Å². The molecule has 0 spiro atoms. The summed E-state index contributed by atoms with van der Waals surface area (Å²) in [6, 6.07) is 23.5. The molecule has 1 aliphatic rings. The molecule has 1 N–H and O–H groups in total. The van der Waals surface area contributed by atoms with E-state index >= 15 is 0 Å². The van der Waals surface area contributed by atoms with Gasteiger partial charge < -0.3 is 19.7 Å². The molecule has 0 saturated carbocycles. The number of benzene rings is 3. The molecule has 0 aliphatic carbocycles. The van der Waals surface area contributed by atoms with Gasteiger partial charge in [0.05, 0.1) is 18.4 Å². The van der Waals surface area contributed by atoms with Crippen molar-refractivity contribution in [3.8, 4) is 11.4 Å². The first-order valence-corrected chi connectivity index (χ1v) is 13.5. The van der Waals surface area contributed by atoms with Crippen LogP contribution in [0.4, 0.5) is 24.7 Å². The fourth-order valence-electron chi connectivity index (χ4n) is 4.98. The number of nitrogens with zero attached hydrogens (tertiary/aromatic N) is 6. The van der Waals surface area contributed by atoms with Crippen LogP contribution in [-0.2, 0) is 19.3 Å². The highest BCUT2D eigenvalue weighted by Crippen LogP contribution is 2.30. The number of nitrogens with one attached hydrogen (secondary N) is 1. The number of hydrogen-bond donors (Lipinski definition) is 1. The molecular formula is C31H30F3N7. The van der Waals surface area contributed by atoms with Gasteiger partial charge in [-0.15, -0.1) is 0 Å². The van der Waals surface area contributed by atoms with Crippen molar-refractivity contribution < 1.29 is 13.2 Å². The second kappa shape index (κ2) is 11.2. The van der Waals surface area contributed by atoms with Gasteiger partial charge in [-0.3, -0.25) is 0 Å². The van der Waals surface area contributed by atoms with Gasteiger partial charge in [0, 0.05) is 44.0 Å². The van der Waals surface area contributed by atoms with Crippen molar-refractivity contribution in [3.63, 3.8) is 0 Å². The molecule has 41 heavy (non-hydrogen) atoms. The van der Waals surface area contributed by atoms with Crippen LogP contribution in [0.5, 0.6) is 0 Å². The van der Waals surface area contributed by atoms with Crippen molar-refractivity contribution in [1.29, 1.82) is 0 Å². The fraction of sp³-hybridized carbons (Fsp3) is 0.258. The predicted octanol–water partition coefficient (Wildman–Crippen LogP) is 5.92. The minimum atomic E-state index is -4.37. The highest BCUT2D eigenvalue weighted by molar-refractivity contribution is 5.85. The average Bonchev–Trinajstić information content (AvgIpc) is 3.39. The van der Waals surface area contributed by atoms with Crippen LogP contribution in [0.3, 0.4) is 0 Å². The van der Waals surface area contributed by atoms with E-state index < -0.39 is 11.7 Å². The molecule has 7 nitrogen and oxygen atoms in total. The summed E-state index contributed by atoms with van der Waals surface area (Å²) in [5.74, 6) is 1.15. The monoisotopic (exact) mass is 557 g/mol. The molecule has 3 aromatic carbocycles. The molecule has 0 atom stereocenters. The Bertz CT molecular complexity index is 1610. The Labute approximate surface area is 236 Å². The molecule has 6 rings (SSSR count). The lowest BCUT2D eigenvalue weighted by molar-refractivity contribution is -0.137. The van der Waals surface area contributed by atoms with E-state index in [0.29, 0.717) is 41.5 Å². The van der Waals surface area contributed by atoms with Gasteiger partial charge in [-0.25, -0.2) is 15.0 Å². The topological polar surface area (TPSA) is 62.1 Å². The third kappa shape index (κ3) is 6.02. The van der Waals surface area contributed by atoms with E-state index in [-0.39, 0.29) is 0 Å². The first-order chi connectivity index (χ1) is 19.8. The molecule has 5 aromatic rings. The maximum Gasteiger partial charge on any atom is 0.416 e. The van der Waals surface area contributed by atoms with Gasteiger partial charge in [-0.1, -0.05) is 42.5 Å². The van der Waals surface area contributed by atoms with E-state index in [4.69, 9.17) is 9.97 Å². The Morgan fingerprint density at radius 3 is 2.20 bits per heavy atom. The predicted molar refractivity (Wildman–Crippen MR) is 155 cm³/mol. The molecule has 1 fully saturated rings. The number of rotatable bonds is 7. The third-order valence-corrected chi connectivity index (χ3v) is 7.39. The molecule has 10 heteroatoms. The standard InChI is InChI=1S/C31H30F3N7/c1-39-15-17-40(18-16-39)26-13-9-24(10-14-26)28-37-29(35-19-22-5-3-2-4-6-22)27-30(38-28)41(21-36-27)20-23-7-11-25(12-8-23)31(32,33)34/h2-14,21H,15-20H2,1H3,(H,35,37,38). The smallest absolute Gasteiger partial charge is 0.369 e. The fourth-order valence-corrected chi connectivity index (χ4v) is 4.98. The van der Waals surface area contributed by atoms with Crippen molar-refractivity contribution in [2.24, 2.45) is 0 Å². The molecule has 1 aliphatic heterocycles. The molecule has 0 radical (unpaired) electrons. The summed E-state index contributed by atoms with van der Waals surface area (Å²) in [7, 11) is 2.14. The molecule has 2 aromatic heterocycles. The zero-order chi connectivity index (χ0) is 28.4. The maximum absolute atomic E-state index is 13.1. The lowest BCUT2D eigenvalue weighted by Crippen LogP contribution is -2.44. The van der Waals surface area contributed by atoms with Crippen LogP contribution in [0.15, 0.2) is 85.2 Å². The number of imidazole rings is 1. The van der Waals surface area contributed by atoms with Crippen LogP contribution >= 0.6 is 0 Å². The van der Waals surface area contributed by atoms with Gasteiger partial charge >= 0.3 is 6.18 Å². The zero-order valence-electron chi connectivity index (χ0n) is 22.6. The van der Waals surface area contributed by atoms with E-state index in [1.165, 1.54) is 12.1 Å². The normalized spacial score (nSPS) is 14.5. The summed E-state index contributed by atoms with van der Waals surface area (Å²) in [6.07, 6.45) is -2.72. The first-order valence-electron chi connectivity index (χ1n) is 13.5. The lowest BCUT2D eigenvalue weighted by Gasteiger charge is -2.34. The van der Waals surface area contributed by atoms with Crippen molar-refractivity contribution >= 4 is 22.7 Å². The Hall–Kier alpha value is -4.44. The van der Waals surface area contributed by atoms with Crippen LogP contribution in [0, 0.1) is 0 Å². The van der Waals surface area contributed by atoms with Gasteiger partial charge in [0.1, 0.15) is 5.52 Å². The molecule has 0 unspecified atom stereocenters. The Morgan fingerprint density at radius 1 is 0.805 bits per heavy atom. The van der Waals surface area contributed by atoms with Crippen molar-refractivity contribution in [1.82, 2.24) is 24.4 Å². The van der Waals surface area contributed by atoms with Gasteiger partial charge in [-0.2, -0.15) is 13.2 Å². The Kier molecular flexibility index (Phi) is 7.32. The maximum atomic E-state index is 13.1. The van der Waals surface area contributed by atoms with Crippen molar-refractivity contribution in [2.45, 2.75) is 19.3 Å².